The number of halogens is 2. The first-order valence-electron chi connectivity index (χ1n) is 17.7. The second kappa shape index (κ2) is 16.8. The summed E-state index contributed by atoms with van der Waals surface area (Å²) in [5, 5.41) is 36.5. The molecule has 5 aromatic rings. The Morgan fingerprint density at radius 1 is 0.981 bits per heavy atom. The van der Waals surface area contributed by atoms with Crippen molar-refractivity contribution in [1.29, 1.82) is 0 Å². The van der Waals surface area contributed by atoms with Gasteiger partial charge in [0.15, 0.2) is 0 Å². The minimum atomic E-state index is -1.85. The fraction of sp³-hybridized carbons (Fsp3) is 0.375. The molecule has 0 bridgehead atoms. The number of hydrogen-bond acceptors (Lipinski definition) is 10. The van der Waals surface area contributed by atoms with Crippen LogP contribution in [-0.2, 0) is 32.8 Å². The van der Waals surface area contributed by atoms with Gasteiger partial charge in [0.05, 0.1) is 21.4 Å². The molecule has 13 heteroatoms. The number of rotatable bonds is 15. The number of aromatic hydroxyl groups is 1. The summed E-state index contributed by atoms with van der Waals surface area (Å²) in [6.45, 7) is 0.446. The summed E-state index contributed by atoms with van der Waals surface area (Å²) in [7, 11) is 1.92. The first kappa shape index (κ1) is 38.5. The topological polar surface area (TPSA) is 140 Å². The van der Waals surface area contributed by atoms with Crippen molar-refractivity contribution >= 4 is 45.3 Å². The molecule has 0 unspecified atom stereocenters. The normalized spacial score (nSPS) is 16.9. The van der Waals surface area contributed by atoms with E-state index in [0.717, 1.165) is 25.0 Å². The van der Waals surface area contributed by atoms with Crippen LogP contribution in [0.1, 0.15) is 77.5 Å². The van der Waals surface area contributed by atoms with Gasteiger partial charge < -0.3 is 29.9 Å². The number of phenols is 1. The van der Waals surface area contributed by atoms with Crippen molar-refractivity contribution in [3.05, 3.63) is 120 Å². The third-order valence-electron chi connectivity index (χ3n) is 10.1. The number of nitrogens with one attached hydrogen (secondary N) is 1. The van der Waals surface area contributed by atoms with E-state index in [0.29, 0.717) is 46.5 Å². The molecule has 0 amide bonds. The Balaban J connectivity index is 0.948. The number of fused-ring (bicyclic) bond motifs is 1. The molecule has 0 aliphatic heterocycles. The van der Waals surface area contributed by atoms with Crippen LogP contribution in [0.4, 0.5) is 8.78 Å². The predicted molar refractivity (Wildman–Crippen MR) is 200 cm³/mol. The number of phenolic OH excluding ortho intramolecular Hbond substituents is 1. The number of aliphatic hydroxyl groups excluding tert-OH is 1. The molecule has 6 rings (SSSR count). The lowest BCUT2D eigenvalue weighted by Gasteiger charge is -2.35. The number of aromatic nitrogens is 1. The van der Waals surface area contributed by atoms with Crippen molar-refractivity contribution in [2.24, 2.45) is 0 Å². The van der Waals surface area contributed by atoms with E-state index in [-0.39, 0.29) is 71.6 Å². The lowest BCUT2D eigenvalue weighted by Crippen LogP contribution is -2.42. The molecule has 0 spiro atoms. The average Bonchev–Trinajstić information content (AvgIpc) is 3.89. The van der Waals surface area contributed by atoms with Crippen molar-refractivity contribution < 1.29 is 38.4 Å². The van der Waals surface area contributed by atoms with Gasteiger partial charge in [0.2, 0.25) is 11.2 Å². The summed E-state index contributed by atoms with van der Waals surface area (Å²) in [6, 6.07) is 15.2. The van der Waals surface area contributed by atoms with Crippen LogP contribution in [0.3, 0.4) is 0 Å². The molecule has 1 aliphatic rings. The monoisotopic (exact) mass is 764 g/mol. The Labute approximate surface area is 313 Å². The van der Waals surface area contributed by atoms with Crippen molar-refractivity contribution in [3.63, 3.8) is 0 Å². The number of Topliss-reactive ketones (excluding diaryl/α,β-unsaturated/α-hetero) is 1. The van der Waals surface area contributed by atoms with Gasteiger partial charge in [0, 0.05) is 36.9 Å². The molecular formula is C40H42F2N2O7S2. The van der Waals surface area contributed by atoms with E-state index in [2.05, 4.69) is 9.88 Å². The van der Waals surface area contributed by atoms with Gasteiger partial charge >= 0.3 is 5.97 Å². The van der Waals surface area contributed by atoms with Crippen LogP contribution in [-0.4, -0.2) is 62.7 Å². The second-order valence-corrected chi connectivity index (χ2v) is 15.6. The van der Waals surface area contributed by atoms with Gasteiger partial charge in [-0.3, -0.25) is 9.59 Å². The molecule has 280 valence electrons. The largest absolute Gasteiger partial charge is 0.506 e. The molecule has 0 saturated heterocycles. The molecule has 1 aliphatic carbocycles. The number of carbonyl (C=O) groups is 2. The molecule has 9 nitrogen and oxygen atoms in total. The van der Waals surface area contributed by atoms with E-state index in [1.54, 1.807) is 30.3 Å². The van der Waals surface area contributed by atoms with Crippen molar-refractivity contribution in [2.45, 2.75) is 81.6 Å². The van der Waals surface area contributed by atoms with E-state index in [9.17, 15) is 29.7 Å². The lowest BCUT2D eigenvalue weighted by molar-refractivity contribution is -0.169. The maximum Gasteiger partial charge on any atom is 0.349 e. The number of H-pyrrole nitrogens is 1. The van der Waals surface area contributed by atoms with Crippen LogP contribution in [0, 0.1) is 11.6 Å². The van der Waals surface area contributed by atoms with Gasteiger partial charge in [0.25, 0.3) is 0 Å². The molecule has 1 fully saturated rings. The zero-order chi connectivity index (χ0) is 37.7. The molecule has 1 atom stereocenters. The minimum absolute atomic E-state index is 0.00382. The van der Waals surface area contributed by atoms with Crippen LogP contribution in [0.25, 0.3) is 10.9 Å². The van der Waals surface area contributed by atoms with E-state index < -0.39 is 29.3 Å². The zero-order valence-corrected chi connectivity index (χ0v) is 30.9. The summed E-state index contributed by atoms with van der Waals surface area (Å²) in [5.41, 5.74) is -1.37. The van der Waals surface area contributed by atoms with Crippen LogP contribution in [0.5, 0.6) is 5.75 Å². The quantitative estimate of drug-likeness (QED) is 0.0844. The van der Waals surface area contributed by atoms with Gasteiger partial charge in [-0.2, -0.15) is 0 Å². The van der Waals surface area contributed by atoms with Crippen LogP contribution < -0.4 is 5.56 Å². The van der Waals surface area contributed by atoms with Gasteiger partial charge in [-0.1, -0.05) is 18.2 Å². The molecule has 1 saturated carbocycles. The number of nitrogens with zero attached hydrogens (tertiary/aromatic N) is 1. The molecule has 3 heterocycles. The number of hydrogen-bond donors (Lipinski definition) is 4. The molecule has 53 heavy (non-hydrogen) atoms. The Bertz CT molecular complexity index is 2060. The number of aliphatic hydroxyl groups is 2. The SMILES string of the molecule is CN(CCC(=O)Cc1cc(F)c(CCC[C@H](O)c2ccc(O)c3[nH]c(=O)ccc23)cc1F)C1CCC(OC(=O)C(O)(c2cccs2)c2cccs2)CC1. The average molecular weight is 765 g/mol. The highest BCUT2D eigenvalue weighted by Crippen LogP contribution is 2.38. The van der Waals surface area contributed by atoms with E-state index in [1.807, 2.05) is 17.8 Å². The number of benzene rings is 2. The predicted octanol–water partition coefficient (Wildman–Crippen LogP) is 6.92. The number of esters is 1. The molecule has 0 radical (unpaired) electrons. The maximum atomic E-state index is 15.1. The first-order chi connectivity index (χ1) is 25.4. The Morgan fingerprint density at radius 2 is 1.64 bits per heavy atom. The highest BCUT2D eigenvalue weighted by atomic mass is 32.1. The Kier molecular flexibility index (Phi) is 12.2. The lowest BCUT2D eigenvalue weighted by atomic mass is 9.91. The summed E-state index contributed by atoms with van der Waals surface area (Å²) in [4.78, 5) is 43.5. The van der Waals surface area contributed by atoms with Crippen LogP contribution in [0.15, 0.2) is 76.2 Å². The van der Waals surface area contributed by atoms with Gasteiger partial charge in [-0.25, -0.2) is 13.6 Å². The molecular weight excluding hydrogens is 723 g/mol. The summed E-state index contributed by atoms with van der Waals surface area (Å²) >= 11 is 2.60. The highest BCUT2D eigenvalue weighted by molar-refractivity contribution is 7.12. The molecule has 3 aromatic heterocycles. The number of thiophene rings is 2. The smallest absolute Gasteiger partial charge is 0.349 e. The number of ketones is 1. The number of ether oxygens (including phenoxy) is 1. The van der Waals surface area contributed by atoms with Crippen LogP contribution >= 0.6 is 22.7 Å². The van der Waals surface area contributed by atoms with E-state index >= 15 is 8.78 Å². The van der Waals surface area contributed by atoms with Gasteiger partial charge in [-0.05, 0) is 116 Å². The first-order valence-corrected chi connectivity index (χ1v) is 19.4. The fourth-order valence-corrected chi connectivity index (χ4v) is 8.78. The van der Waals surface area contributed by atoms with E-state index in [4.69, 9.17) is 4.74 Å². The third-order valence-corrected chi connectivity index (χ3v) is 12.1. The van der Waals surface area contributed by atoms with Crippen molar-refractivity contribution in [1.82, 2.24) is 9.88 Å². The maximum absolute atomic E-state index is 15.1. The summed E-state index contributed by atoms with van der Waals surface area (Å²) in [6.07, 6.45) is 2.09. The number of aryl methyl sites for hydroxylation is 1. The number of carbonyl (C=O) groups excluding carboxylic acids is 2. The van der Waals surface area contributed by atoms with E-state index in [1.165, 1.54) is 40.9 Å². The summed E-state index contributed by atoms with van der Waals surface area (Å²) in [5.74, 6) is -2.28. The summed E-state index contributed by atoms with van der Waals surface area (Å²) < 4.78 is 35.9. The third kappa shape index (κ3) is 8.76. The Morgan fingerprint density at radius 3 is 2.30 bits per heavy atom. The second-order valence-electron chi connectivity index (χ2n) is 13.7. The van der Waals surface area contributed by atoms with Gasteiger partial charge in [0.1, 0.15) is 29.3 Å². The van der Waals surface area contributed by atoms with Gasteiger partial charge in [-0.15, -0.1) is 22.7 Å². The fourth-order valence-electron chi connectivity index (χ4n) is 7.06. The van der Waals surface area contributed by atoms with Crippen molar-refractivity contribution in [2.75, 3.05) is 13.6 Å². The number of pyridine rings is 1. The highest BCUT2D eigenvalue weighted by Gasteiger charge is 2.45. The standard InChI is InChI=1S/C40H42F2N2O7S2/c1-44(26-9-11-28(12-10-26)51-39(49)40(50,35-7-3-19-52-35)36-8-4-20-53-36)18-17-27(45)21-25-23-31(41)24(22-32(25)42)5-2-6-33(46)29-13-15-34(47)38-30(29)14-16-37(48)43-38/h3-4,7-8,13-16,19-20,22-23,26,28,33,46-47,50H,2,5-6,9-12,17-18,21H2,1H3,(H,43,48)/t26?,28?,33-/m0/s1. The zero-order valence-electron chi connectivity index (χ0n) is 29.2. The Hall–Kier alpha value is -4.27. The molecule has 2 aromatic carbocycles. The van der Waals surface area contributed by atoms with Crippen molar-refractivity contribution in [3.8, 4) is 5.75 Å². The minimum Gasteiger partial charge on any atom is -0.506 e. The number of aromatic amines is 1. The van der Waals surface area contributed by atoms with Crippen LogP contribution in [0.2, 0.25) is 0 Å². The molecule has 4 N–H and O–H groups in total.